The Balaban J connectivity index is 1.21. The zero-order valence-electron chi connectivity index (χ0n) is 28.5. The molecule has 4 amide bonds. The number of carbonyl (C=O) groups is 4. The Morgan fingerprint density at radius 1 is 1.10 bits per heavy atom. The van der Waals surface area contributed by atoms with E-state index in [1.807, 2.05) is 12.2 Å². The van der Waals surface area contributed by atoms with Gasteiger partial charge in [0, 0.05) is 23.8 Å². The number of aryl methyl sites for hydroxylation is 1. The maximum atomic E-state index is 14.5. The number of ether oxygens (including phenoxy) is 1. The van der Waals surface area contributed by atoms with Crippen molar-refractivity contribution < 1.29 is 36.7 Å². The zero-order valence-corrected chi connectivity index (χ0v) is 30.2. The number of carbonyl (C=O) groups excluding carboxylic acids is 4. The third-order valence-electron chi connectivity index (χ3n) is 10.3. The number of amides is 4. The van der Waals surface area contributed by atoms with Crippen molar-refractivity contribution in [3.63, 3.8) is 0 Å². The predicted octanol–water partition coefficient (Wildman–Crippen LogP) is 3.07. The van der Waals surface area contributed by atoms with Crippen LogP contribution in [-0.2, 0) is 24.4 Å². The third kappa shape index (κ3) is 7.38. The second kappa shape index (κ2) is 14.5. The van der Waals surface area contributed by atoms with Gasteiger partial charge in [0.1, 0.15) is 40.9 Å². The summed E-state index contributed by atoms with van der Waals surface area (Å²) in [6.45, 7) is 1.62. The van der Waals surface area contributed by atoms with Gasteiger partial charge in [0.15, 0.2) is 0 Å². The monoisotopic (exact) mass is 753 g/mol. The van der Waals surface area contributed by atoms with Crippen molar-refractivity contribution in [2.24, 2.45) is 5.92 Å². The lowest BCUT2D eigenvalue weighted by Crippen LogP contribution is -2.70. The summed E-state index contributed by atoms with van der Waals surface area (Å²) in [7, 11) is -3.92. The minimum atomic E-state index is -3.92. The van der Waals surface area contributed by atoms with Crippen LogP contribution < -0.4 is 20.1 Å². The summed E-state index contributed by atoms with van der Waals surface area (Å²) in [5.41, 5.74) is 1.30. The smallest absolute Gasteiger partial charge is 0.271 e. The number of benzene rings is 1. The van der Waals surface area contributed by atoms with Crippen LogP contribution in [0.5, 0.6) is 5.88 Å². The van der Waals surface area contributed by atoms with Crippen molar-refractivity contribution in [3.05, 3.63) is 58.4 Å². The number of hydrogen-bond acceptors (Lipinski definition) is 11. The molecule has 4 aliphatic rings. The molecule has 3 fully saturated rings. The largest absolute Gasteiger partial charge is 0.471 e. The lowest BCUT2D eigenvalue weighted by molar-refractivity contribution is -0.144. The van der Waals surface area contributed by atoms with E-state index in [0.717, 1.165) is 12.8 Å². The molecule has 2 aromatic heterocycles. The van der Waals surface area contributed by atoms with Gasteiger partial charge >= 0.3 is 0 Å². The number of allylic oxidation sites excluding steroid dienone is 1. The van der Waals surface area contributed by atoms with Crippen molar-refractivity contribution in [1.29, 1.82) is 0 Å². The molecule has 3 aromatic rings. The summed E-state index contributed by atoms with van der Waals surface area (Å²) in [6, 6.07) is 1.88. The number of rotatable bonds is 7. The molecule has 1 saturated heterocycles. The Hall–Kier alpha value is -4.51. The Labute approximate surface area is 304 Å². The van der Waals surface area contributed by atoms with Crippen LogP contribution in [0.2, 0.25) is 0 Å². The highest BCUT2D eigenvalue weighted by Crippen LogP contribution is 2.42. The van der Waals surface area contributed by atoms with Gasteiger partial charge in [0.05, 0.1) is 28.3 Å². The minimum Gasteiger partial charge on any atom is -0.471 e. The van der Waals surface area contributed by atoms with E-state index in [2.05, 4.69) is 30.3 Å². The number of nitrogens with one attached hydrogen (secondary N) is 3. The molecule has 4 heterocycles. The number of thiazole rings is 1. The molecule has 17 heteroatoms. The quantitative estimate of drug-likeness (QED) is 0.303. The van der Waals surface area contributed by atoms with Gasteiger partial charge in [0.25, 0.3) is 11.8 Å². The summed E-state index contributed by atoms with van der Waals surface area (Å²) in [5, 5.41) is 6.66. The average molecular weight is 754 g/mol. The summed E-state index contributed by atoms with van der Waals surface area (Å²) < 4.78 is 48.3. The van der Waals surface area contributed by atoms with Gasteiger partial charge in [-0.1, -0.05) is 25.0 Å². The summed E-state index contributed by atoms with van der Waals surface area (Å²) >= 11 is 1.25. The van der Waals surface area contributed by atoms with E-state index >= 15 is 0 Å². The molecule has 52 heavy (non-hydrogen) atoms. The fourth-order valence-electron chi connectivity index (χ4n) is 7.15. The highest BCUT2D eigenvalue weighted by molar-refractivity contribution is 7.91. The molecule has 3 N–H and O–H groups in total. The van der Waals surface area contributed by atoms with Gasteiger partial charge in [-0.3, -0.25) is 23.9 Å². The number of aromatic nitrogens is 3. The Bertz CT molecular complexity index is 2020. The first kappa shape index (κ1) is 35.9. The number of halogens is 1. The fraction of sp³-hybridized carbons (Fsp3) is 0.514. The minimum absolute atomic E-state index is 0.00872. The van der Waals surface area contributed by atoms with Crippen molar-refractivity contribution >= 4 is 56.0 Å². The third-order valence-corrected chi connectivity index (χ3v) is 12.7. The van der Waals surface area contributed by atoms with Crippen molar-refractivity contribution in [1.82, 2.24) is 35.2 Å². The van der Waals surface area contributed by atoms with Crippen molar-refractivity contribution in [3.8, 4) is 5.88 Å². The van der Waals surface area contributed by atoms with E-state index in [1.54, 1.807) is 12.3 Å². The molecule has 5 atom stereocenters. The maximum Gasteiger partial charge on any atom is 0.271 e. The van der Waals surface area contributed by atoms with Crippen LogP contribution in [-0.4, -0.2) is 87.4 Å². The lowest BCUT2D eigenvalue weighted by Gasteiger charge is -2.47. The maximum absolute atomic E-state index is 14.5. The van der Waals surface area contributed by atoms with Crippen molar-refractivity contribution in [2.45, 2.75) is 100 Å². The average Bonchev–Trinajstić information content (AvgIpc) is 3.66. The van der Waals surface area contributed by atoms with Gasteiger partial charge < -0.3 is 20.3 Å². The molecule has 7 rings (SSSR count). The first-order valence-electron chi connectivity index (χ1n) is 17.6. The molecule has 2 saturated carbocycles. The molecule has 0 bridgehead atoms. The fourth-order valence-corrected chi connectivity index (χ4v) is 9.04. The normalized spacial score (nSPS) is 27.6. The van der Waals surface area contributed by atoms with E-state index in [9.17, 15) is 32.0 Å². The molecule has 1 unspecified atom stereocenters. The molecule has 0 spiro atoms. The Morgan fingerprint density at radius 3 is 2.65 bits per heavy atom. The standard InChI is InChI=1S/C35H40FN7O7S2/c1-20-32(40-27-15-22(36)9-12-25(27)38-20)50-23-16-29-31(45)41-35(34(47)42-52(48,49)24-10-11-24)14-13-21(35)7-5-3-2-4-6-8-26(33(46)43(29)17-23)39-30(44)28-18-51-19-37-28/h5,7,9,12,15,18-19,21,23-24,26,29H,2-4,6,8,10-11,13-14,16-17H2,1H3,(H,39,44)(H,41,45)(H,42,47)/b7-5-/t21?,23-,26+,29+,35-/m1/s1. The van der Waals surface area contributed by atoms with Crippen LogP contribution in [0.3, 0.4) is 0 Å². The highest BCUT2D eigenvalue weighted by Gasteiger charge is 2.56. The lowest BCUT2D eigenvalue weighted by atomic mass is 9.65. The van der Waals surface area contributed by atoms with E-state index in [1.165, 1.54) is 39.9 Å². The topological polar surface area (TPSA) is 190 Å². The van der Waals surface area contributed by atoms with Gasteiger partial charge in [-0.25, -0.2) is 27.8 Å². The molecule has 0 radical (unpaired) electrons. The number of fused-ring (bicyclic) bond motifs is 3. The van der Waals surface area contributed by atoms with Gasteiger partial charge in [-0.05, 0) is 64.0 Å². The molecule has 14 nitrogen and oxygen atoms in total. The number of hydrogen-bond donors (Lipinski definition) is 3. The number of sulfonamides is 1. The summed E-state index contributed by atoms with van der Waals surface area (Å²) in [6.07, 6.45) is 7.86. The van der Waals surface area contributed by atoms with Gasteiger partial charge in [-0.2, -0.15) is 0 Å². The van der Waals surface area contributed by atoms with Crippen LogP contribution in [0.15, 0.2) is 41.2 Å². The molecule has 276 valence electrons. The van der Waals surface area contributed by atoms with Gasteiger partial charge in [-0.15, -0.1) is 11.3 Å². The Kier molecular flexibility index (Phi) is 9.99. The molecule has 1 aromatic carbocycles. The number of nitrogens with zero attached hydrogens (tertiary/aromatic N) is 4. The zero-order chi connectivity index (χ0) is 36.6. The van der Waals surface area contributed by atoms with E-state index in [-0.39, 0.29) is 36.5 Å². The van der Waals surface area contributed by atoms with Crippen LogP contribution >= 0.6 is 11.3 Å². The van der Waals surface area contributed by atoms with Crippen LogP contribution in [0.4, 0.5) is 4.39 Å². The molecule has 2 aliphatic heterocycles. The first-order valence-corrected chi connectivity index (χ1v) is 20.1. The van der Waals surface area contributed by atoms with Crippen LogP contribution in [0, 0.1) is 18.7 Å². The summed E-state index contributed by atoms with van der Waals surface area (Å²) in [4.78, 5) is 70.2. The SMILES string of the molecule is Cc1nc2ccc(F)cc2nc1O[C@@H]1C[C@H]2C(=O)N[C@]3(C(=O)NS(=O)(=O)C4CC4)CCC3/C=C\CCCCC[C@H](NC(=O)c3cscn3)C(=O)N2C1. The van der Waals surface area contributed by atoms with Gasteiger partial charge in [0.2, 0.25) is 27.7 Å². The van der Waals surface area contributed by atoms with Crippen LogP contribution in [0.25, 0.3) is 11.0 Å². The van der Waals surface area contributed by atoms with E-state index in [0.29, 0.717) is 49.7 Å². The predicted molar refractivity (Wildman–Crippen MR) is 188 cm³/mol. The molecular formula is C35H40FN7O7S2. The highest BCUT2D eigenvalue weighted by atomic mass is 32.2. The second-order valence-corrected chi connectivity index (χ2v) is 16.7. The van der Waals surface area contributed by atoms with E-state index < -0.39 is 74.4 Å². The van der Waals surface area contributed by atoms with E-state index in [4.69, 9.17) is 4.74 Å². The molecular weight excluding hydrogens is 714 g/mol. The van der Waals surface area contributed by atoms with Crippen LogP contribution in [0.1, 0.15) is 80.4 Å². The summed E-state index contributed by atoms with van der Waals surface area (Å²) in [5.74, 6) is -3.34. The van der Waals surface area contributed by atoms with Crippen molar-refractivity contribution in [2.75, 3.05) is 6.54 Å². The Morgan fingerprint density at radius 2 is 1.92 bits per heavy atom. The molecule has 2 aliphatic carbocycles. The second-order valence-electron chi connectivity index (χ2n) is 14.0. The first-order chi connectivity index (χ1) is 24.9.